The van der Waals surface area contributed by atoms with Crippen LogP contribution in [-0.2, 0) is 8.85 Å². The Bertz CT molecular complexity index is 36.5. The van der Waals surface area contributed by atoms with Crippen molar-refractivity contribution in [1.82, 2.24) is 0 Å². The molecule has 0 bridgehead atoms. The summed E-state index contributed by atoms with van der Waals surface area (Å²) in [5.74, 6) is 0. The molecule has 0 spiro atoms. The van der Waals surface area contributed by atoms with Crippen LogP contribution in [0.25, 0.3) is 0 Å². The van der Waals surface area contributed by atoms with Gasteiger partial charge in [-0.15, -0.1) is 0 Å². The summed E-state index contributed by atoms with van der Waals surface area (Å²) in [6, 6.07) is 0. The third-order valence-electron chi connectivity index (χ3n) is 0.664. The molecule has 0 aliphatic carbocycles. The van der Waals surface area contributed by atoms with Crippen molar-refractivity contribution in [2.45, 2.75) is 6.55 Å². The van der Waals surface area contributed by atoms with E-state index < -0.39 is 9.28 Å². The van der Waals surface area contributed by atoms with Crippen LogP contribution in [0.15, 0.2) is 0 Å². The third kappa shape index (κ3) is 7.77. The maximum absolute atomic E-state index is 4.82. The quantitative estimate of drug-likeness (QED) is 0.393. The molecule has 0 fully saturated rings. The van der Waals surface area contributed by atoms with Crippen LogP contribution in [-0.4, -0.2) is 23.5 Å². The molecule has 0 aliphatic heterocycles. The summed E-state index contributed by atoms with van der Waals surface area (Å²) in [4.78, 5) is 0. The predicted molar refractivity (Wildman–Crippen MR) is 28.1 cm³/mol. The smallest absolute Gasteiger partial charge is 1.00 e. The first-order chi connectivity index (χ1) is 2.81. The average Bonchev–Trinajstić information content (AvgIpc) is 1.65. The van der Waals surface area contributed by atoms with Crippen molar-refractivity contribution in [3.63, 3.8) is 0 Å². The summed E-state index contributed by atoms with van der Waals surface area (Å²) in [6.07, 6.45) is 0. The molecule has 0 atom stereocenters. The van der Waals surface area contributed by atoms with Gasteiger partial charge in [-0.3, -0.25) is 0 Å². The molecule has 2 nitrogen and oxygen atoms in total. The summed E-state index contributed by atoms with van der Waals surface area (Å²) in [7, 11) is 2.17. The van der Waals surface area contributed by atoms with E-state index in [0.717, 1.165) is 0 Å². The van der Waals surface area contributed by atoms with Crippen molar-refractivity contribution < 1.29 is 61.7 Å². The van der Waals surface area contributed by atoms with Crippen LogP contribution in [0.5, 0.6) is 0 Å². The molecule has 0 N–H and O–H groups in total. The second kappa shape index (κ2) is 7.77. The monoisotopic (exact) mass is 146 g/mol. The van der Waals surface area contributed by atoms with Crippen molar-refractivity contribution >= 4 is 9.28 Å². The van der Waals surface area contributed by atoms with E-state index in [9.17, 15) is 0 Å². The van der Waals surface area contributed by atoms with Gasteiger partial charge in [0.25, 0.3) is 0 Å². The Morgan fingerprint density at radius 1 is 1.29 bits per heavy atom. The van der Waals surface area contributed by atoms with E-state index in [4.69, 9.17) is 8.85 Å². The van der Waals surface area contributed by atoms with Crippen molar-refractivity contribution in [3.8, 4) is 0 Å². The topological polar surface area (TPSA) is 18.5 Å². The van der Waals surface area contributed by atoms with Crippen LogP contribution in [0.4, 0.5) is 0 Å². The molecule has 0 aromatic carbocycles. The van der Waals surface area contributed by atoms with Gasteiger partial charge in [0.05, 0.1) is 0 Å². The van der Waals surface area contributed by atoms with Crippen LogP contribution in [0.2, 0.25) is 6.55 Å². The van der Waals surface area contributed by atoms with E-state index in [1.165, 1.54) is 0 Å². The van der Waals surface area contributed by atoms with Gasteiger partial charge in [-0.1, -0.05) is 0 Å². The fourth-order valence-corrected chi connectivity index (χ4v) is 0.289. The van der Waals surface area contributed by atoms with Crippen molar-refractivity contribution in [2.75, 3.05) is 14.2 Å². The second-order valence-corrected chi connectivity index (χ2v) is 3.12. The number of hydrogen-bond donors (Lipinski definition) is 0. The van der Waals surface area contributed by atoms with Crippen LogP contribution < -0.4 is 51.4 Å². The van der Waals surface area contributed by atoms with E-state index in [-0.39, 0.29) is 52.8 Å². The van der Waals surface area contributed by atoms with Crippen LogP contribution in [0.1, 0.15) is 1.43 Å². The Labute approximate surface area is 90.3 Å². The summed E-state index contributed by atoms with van der Waals surface area (Å²) < 4.78 is 9.63. The Balaban J connectivity index is -0.000000125. The molecule has 7 heavy (non-hydrogen) atoms. The third-order valence-corrected chi connectivity index (χ3v) is 1.99. The van der Waals surface area contributed by atoms with Gasteiger partial charge < -0.3 is 10.3 Å². The number of hydrogen-bond acceptors (Lipinski definition) is 2. The molecule has 0 saturated heterocycles. The molecule has 0 unspecified atom stereocenters. The van der Waals surface area contributed by atoms with E-state index in [0.29, 0.717) is 0 Å². The van der Waals surface area contributed by atoms with Gasteiger partial charge in [0.2, 0.25) is 0 Å². The van der Waals surface area contributed by atoms with E-state index in [2.05, 4.69) is 0 Å². The molecule has 4 heteroatoms. The van der Waals surface area contributed by atoms with Crippen molar-refractivity contribution in [3.05, 3.63) is 0 Å². The summed E-state index contributed by atoms with van der Waals surface area (Å²) in [5.41, 5.74) is 0. The minimum atomic E-state index is -1.16. The normalized spacial score (nSPS) is 8.57. The van der Waals surface area contributed by atoms with Gasteiger partial charge in [0.15, 0.2) is 0 Å². The Hall–Kier alpha value is 1.77. The molecule has 40 valence electrons. The van der Waals surface area contributed by atoms with Gasteiger partial charge in [0.1, 0.15) is 0 Å². The average molecular weight is 146 g/mol. The molecule has 0 rings (SSSR count). The molecule has 0 aliphatic rings. The molecule has 0 heterocycles. The van der Waals surface area contributed by atoms with Crippen LogP contribution >= 0.6 is 0 Å². The SMILES string of the molecule is CO[SiH](C)OC.[H-].[K+]. The van der Waals surface area contributed by atoms with Gasteiger partial charge >= 0.3 is 60.7 Å². The fraction of sp³-hybridized carbons (Fsp3) is 1.00. The minimum Gasteiger partial charge on any atom is -1.00 e. The summed E-state index contributed by atoms with van der Waals surface area (Å²) in [5, 5.41) is 0. The van der Waals surface area contributed by atoms with Crippen molar-refractivity contribution in [1.29, 1.82) is 0 Å². The maximum Gasteiger partial charge on any atom is 1.00 e. The van der Waals surface area contributed by atoms with E-state index >= 15 is 0 Å². The molecule has 0 saturated carbocycles. The number of rotatable bonds is 2. The van der Waals surface area contributed by atoms with Crippen molar-refractivity contribution in [2.24, 2.45) is 0 Å². The summed E-state index contributed by atoms with van der Waals surface area (Å²) >= 11 is 0. The van der Waals surface area contributed by atoms with Gasteiger partial charge in [-0.05, 0) is 6.55 Å². The fourth-order valence-electron chi connectivity index (χ4n) is 0.0962. The first-order valence-corrected chi connectivity index (χ1v) is 3.96. The zero-order valence-corrected chi connectivity index (χ0v) is 9.67. The van der Waals surface area contributed by atoms with E-state index in [1.54, 1.807) is 14.2 Å². The van der Waals surface area contributed by atoms with Gasteiger partial charge in [0, 0.05) is 14.2 Å². The molecule has 0 aromatic heterocycles. The van der Waals surface area contributed by atoms with Gasteiger partial charge in [-0.25, -0.2) is 0 Å². The molecule has 0 radical (unpaired) electrons. The first kappa shape index (κ1) is 11.6. The first-order valence-electron chi connectivity index (χ1n) is 1.87. The van der Waals surface area contributed by atoms with Crippen LogP contribution in [0.3, 0.4) is 0 Å². The maximum atomic E-state index is 4.82. The molecule has 0 aromatic rings. The van der Waals surface area contributed by atoms with Crippen LogP contribution in [0, 0.1) is 0 Å². The molecular weight excluding hydrogens is 135 g/mol. The van der Waals surface area contributed by atoms with Gasteiger partial charge in [-0.2, -0.15) is 0 Å². The zero-order chi connectivity index (χ0) is 4.99. The second-order valence-electron chi connectivity index (χ2n) is 1.04. The Morgan fingerprint density at radius 3 is 1.57 bits per heavy atom. The Morgan fingerprint density at radius 2 is 1.57 bits per heavy atom. The predicted octanol–water partition coefficient (Wildman–Crippen LogP) is -2.75. The molecular formula is C3H11KO2Si. The summed E-state index contributed by atoms with van der Waals surface area (Å²) in [6.45, 7) is 1.97. The Kier molecular flexibility index (Phi) is 12.8. The minimum absolute atomic E-state index is 0. The standard InChI is InChI=1S/C3H10O2Si.K.H/c1-4-6(3)5-2;;/h6H,1-3H3;;/q;+1;-1. The zero-order valence-electron chi connectivity index (χ0n) is 6.39. The van der Waals surface area contributed by atoms with E-state index in [1.807, 2.05) is 6.55 Å². The molecule has 0 amide bonds. The largest absolute Gasteiger partial charge is 1.00 e.